The minimum absolute atomic E-state index is 0.417. The first-order valence-electron chi connectivity index (χ1n) is 3.17. The molecule has 0 amide bonds. The maximum atomic E-state index is 5.73. The highest BCUT2D eigenvalue weighted by molar-refractivity contribution is 4.83. The van der Waals surface area contributed by atoms with Crippen molar-refractivity contribution in [2.45, 2.75) is 25.4 Å². The van der Waals surface area contributed by atoms with Crippen molar-refractivity contribution in [2.24, 2.45) is 5.73 Å². The van der Waals surface area contributed by atoms with E-state index in [1.54, 1.807) is 0 Å². The Balaban J connectivity index is 2.44. The Hall–Kier alpha value is -0.0800. The van der Waals surface area contributed by atoms with Crippen LogP contribution in [0.2, 0.25) is 0 Å². The Morgan fingerprint density at radius 3 is 2.38 bits per heavy atom. The Morgan fingerprint density at radius 1 is 1.62 bits per heavy atom. The second-order valence-corrected chi connectivity index (χ2v) is 2.67. The van der Waals surface area contributed by atoms with Crippen LogP contribution in [0.25, 0.3) is 0 Å². The van der Waals surface area contributed by atoms with Crippen molar-refractivity contribution < 1.29 is 0 Å². The zero-order valence-electron chi connectivity index (χ0n) is 5.59. The van der Waals surface area contributed by atoms with Gasteiger partial charge in [0.25, 0.3) is 0 Å². The first kappa shape index (κ1) is 6.05. The summed E-state index contributed by atoms with van der Waals surface area (Å²) in [5.74, 6) is 0. The normalized spacial score (nSPS) is 40.9. The molecule has 0 aliphatic carbocycles. The lowest BCUT2D eigenvalue weighted by Crippen LogP contribution is -2.34. The van der Waals surface area contributed by atoms with Gasteiger partial charge in [0.2, 0.25) is 0 Å². The van der Waals surface area contributed by atoms with Gasteiger partial charge in [-0.1, -0.05) is 0 Å². The molecule has 1 saturated heterocycles. The molecule has 1 fully saturated rings. The summed E-state index contributed by atoms with van der Waals surface area (Å²) in [6.07, 6.45) is 1.16. The van der Waals surface area contributed by atoms with Gasteiger partial charge in [-0.15, -0.1) is 0 Å². The van der Waals surface area contributed by atoms with Gasteiger partial charge in [0.05, 0.1) is 0 Å². The summed E-state index contributed by atoms with van der Waals surface area (Å²) in [6, 6.07) is 1.01. The van der Waals surface area contributed by atoms with E-state index >= 15 is 0 Å². The molecule has 1 rings (SSSR count). The molecule has 1 aliphatic rings. The van der Waals surface area contributed by atoms with Crippen LogP contribution in [0.5, 0.6) is 0 Å². The molecule has 0 bridgehead atoms. The van der Waals surface area contributed by atoms with Crippen molar-refractivity contribution in [3.05, 3.63) is 0 Å². The van der Waals surface area contributed by atoms with E-state index in [0.29, 0.717) is 12.1 Å². The maximum Gasteiger partial charge on any atom is 0.0216 e. The Kier molecular flexibility index (Phi) is 1.54. The third-order valence-corrected chi connectivity index (χ3v) is 2.13. The molecule has 2 nitrogen and oxygen atoms in total. The van der Waals surface area contributed by atoms with Gasteiger partial charge in [-0.3, -0.25) is 0 Å². The smallest absolute Gasteiger partial charge is 0.0216 e. The maximum absolute atomic E-state index is 5.73. The summed E-state index contributed by atoms with van der Waals surface area (Å²) in [5.41, 5.74) is 5.73. The molecule has 0 spiro atoms. The molecule has 0 aromatic carbocycles. The zero-order chi connectivity index (χ0) is 6.15. The van der Waals surface area contributed by atoms with E-state index in [1.165, 1.54) is 6.54 Å². The number of likely N-dealkylation sites (tertiary alicyclic amines) is 1. The lowest BCUT2D eigenvalue weighted by molar-refractivity contribution is 0.318. The van der Waals surface area contributed by atoms with E-state index in [9.17, 15) is 0 Å². The van der Waals surface area contributed by atoms with Gasteiger partial charge in [-0.2, -0.15) is 0 Å². The van der Waals surface area contributed by atoms with E-state index in [2.05, 4.69) is 18.9 Å². The average molecular weight is 114 g/mol. The highest BCUT2D eigenvalue weighted by atomic mass is 15.2. The fourth-order valence-corrected chi connectivity index (χ4v) is 1.12. The van der Waals surface area contributed by atoms with E-state index in [1.807, 2.05) is 0 Å². The summed E-state index contributed by atoms with van der Waals surface area (Å²) < 4.78 is 0. The molecule has 0 saturated carbocycles. The predicted octanol–water partition coefficient (Wildman–Crippen LogP) is 0.0377. The van der Waals surface area contributed by atoms with Crippen LogP contribution in [0.3, 0.4) is 0 Å². The molecular formula is C6H14N2. The Bertz CT molecular complexity index is 72.6. The first-order chi connectivity index (χ1) is 3.72. The summed E-state index contributed by atoms with van der Waals surface area (Å²) in [5, 5.41) is 0. The molecule has 2 N–H and O–H groups in total. The molecule has 0 unspecified atom stereocenters. The minimum atomic E-state index is 0.417. The number of rotatable bonds is 0. The fraction of sp³-hybridized carbons (Fsp3) is 1.00. The van der Waals surface area contributed by atoms with Gasteiger partial charge in [0.1, 0.15) is 0 Å². The standard InChI is InChI=1S/C6H14N2/c1-5-6(7)3-4-8(5)2/h5-6H,3-4,7H2,1-2H3/t5-,6+/m0/s1. The van der Waals surface area contributed by atoms with E-state index in [4.69, 9.17) is 5.73 Å². The van der Waals surface area contributed by atoms with Gasteiger partial charge < -0.3 is 10.6 Å². The molecule has 0 aromatic heterocycles. The number of hydrogen-bond acceptors (Lipinski definition) is 2. The summed E-state index contributed by atoms with van der Waals surface area (Å²) >= 11 is 0. The van der Waals surface area contributed by atoms with Gasteiger partial charge in [-0.05, 0) is 26.9 Å². The molecule has 1 aliphatic heterocycles. The van der Waals surface area contributed by atoms with Gasteiger partial charge >= 0.3 is 0 Å². The van der Waals surface area contributed by atoms with Gasteiger partial charge in [0.15, 0.2) is 0 Å². The topological polar surface area (TPSA) is 29.3 Å². The van der Waals surface area contributed by atoms with Crippen LogP contribution in [0.15, 0.2) is 0 Å². The van der Waals surface area contributed by atoms with Crippen LogP contribution >= 0.6 is 0 Å². The van der Waals surface area contributed by atoms with E-state index in [-0.39, 0.29) is 0 Å². The van der Waals surface area contributed by atoms with Crippen molar-refractivity contribution in [3.63, 3.8) is 0 Å². The summed E-state index contributed by atoms with van der Waals surface area (Å²) in [6.45, 7) is 3.35. The van der Waals surface area contributed by atoms with E-state index < -0.39 is 0 Å². The minimum Gasteiger partial charge on any atom is -0.326 e. The third kappa shape index (κ3) is 0.858. The van der Waals surface area contributed by atoms with Crippen LogP contribution < -0.4 is 5.73 Å². The van der Waals surface area contributed by atoms with Crippen molar-refractivity contribution in [1.29, 1.82) is 0 Å². The molecule has 48 valence electrons. The second-order valence-electron chi connectivity index (χ2n) is 2.67. The van der Waals surface area contributed by atoms with Gasteiger partial charge in [0, 0.05) is 12.1 Å². The summed E-state index contributed by atoms with van der Waals surface area (Å²) in [7, 11) is 2.12. The zero-order valence-corrected chi connectivity index (χ0v) is 5.59. The van der Waals surface area contributed by atoms with Crippen molar-refractivity contribution >= 4 is 0 Å². The van der Waals surface area contributed by atoms with Crippen molar-refractivity contribution in [3.8, 4) is 0 Å². The number of likely N-dealkylation sites (N-methyl/N-ethyl adjacent to an activating group) is 1. The molecule has 8 heavy (non-hydrogen) atoms. The average Bonchev–Trinajstić information content (AvgIpc) is 1.98. The molecule has 0 radical (unpaired) electrons. The largest absolute Gasteiger partial charge is 0.326 e. The molecule has 2 atom stereocenters. The summed E-state index contributed by atoms with van der Waals surface area (Å²) in [4.78, 5) is 2.30. The van der Waals surface area contributed by atoms with Crippen LogP contribution in [0.4, 0.5) is 0 Å². The lowest BCUT2D eigenvalue weighted by Gasteiger charge is -2.16. The quantitative estimate of drug-likeness (QED) is 0.481. The molecule has 0 aromatic rings. The number of nitrogens with two attached hydrogens (primary N) is 1. The van der Waals surface area contributed by atoms with Gasteiger partial charge in [-0.25, -0.2) is 0 Å². The Morgan fingerprint density at radius 2 is 2.25 bits per heavy atom. The Labute approximate surface area is 50.7 Å². The van der Waals surface area contributed by atoms with Crippen LogP contribution in [-0.2, 0) is 0 Å². The first-order valence-corrected chi connectivity index (χ1v) is 3.17. The van der Waals surface area contributed by atoms with Crippen LogP contribution in [0, 0.1) is 0 Å². The number of nitrogens with zero attached hydrogens (tertiary/aromatic N) is 1. The van der Waals surface area contributed by atoms with E-state index in [0.717, 1.165) is 6.42 Å². The predicted molar refractivity (Wildman–Crippen MR) is 34.7 cm³/mol. The fourth-order valence-electron chi connectivity index (χ4n) is 1.12. The SMILES string of the molecule is C[C@H]1[C@H](N)CCN1C. The van der Waals surface area contributed by atoms with Crippen molar-refractivity contribution in [1.82, 2.24) is 4.90 Å². The monoisotopic (exact) mass is 114 g/mol. The molecule has 2 heteroatoms. The molecular weight excluding hydrogens is 100 g/mol. The highest BCUT2D eigenvalue weighted by Crippen LogP contribution is 2.11. The second kappa shape index (κ2) is 2.03. The highest BCUT2D eigenvalue weighted by Gasteiger charge is 2.23. The van der Waals surface area contributed by atoms with Crippen LogP contribution in [-0.4, -0.2) is 30.6 Å². The third-order valence-electron chi connectivity index (χ3n) is 2.13. The van der Waals surface area contributed by atoms with Crippen LogP contribution in [0.1, 0.15) is 13.3 Å². The number of hydrogen-bond donors (Lipinski definition) is 1. The lowest BCUT2D eigenvalue weighted by atomic mass is 10.2. The molecule has 1 heterocycles. The van der Waals surface area contributed by atoms with Crippen molar-refractivity contribution in [2.75, 3.05) is 13.6 Å².